The first-order chi connectivity index (χ1) is 6.33. The van der Waals surface area contributed by atoms with Gasteiger partial charge in [-0.3, -0.25) is 0 Å². The molecule has 0 amide bonds. The van der Waals surface area contributed by atoms with Gasteiger partial charge in [0.05, 0.1) is 0 Å². The van der Waals surface area contributed by atoms with E-state index < -0.39 is 0 Å². The van der Waals surface area contributed by atoms with Gasteiger partial charge in [0, 0.05) is 3.57 Å². The Kier molecular flexibility index (Phi) is 5.08. The van der Waals surface area contributed by atoms with Crippen LogP contribution in [-0.2, 0) is 6.42 Å². The first-order valence-corrected chi connectivity index (χ1v) is 5.50. The minimum atomic E-state index is 0.739. The fourth-order valence-corrected chi connectivity index (χ4v) is 1.41. The van der Waals surface area contributed by atoms with Gasteiger partial charge in [0.15, 0.2) is 0 Å². The molecule has 0 radical (unpaired) electrons. The van der Waals surface area contributed by atoms with Gasteiger partial charge in [-0.25, -0.2) is 0 Å². The highest BCUT2D eigenvalue weighted by molar-refractivity contribution is 14.1. The lowest BCUT2D eigenvalue weighted by atomic mass is 10.1. The SMILES string of the molecule is NCCC=CCc1ccc(I)cc1. The molecular formula is C11H14IN. The summed E-state index contributed by atoms with van der Waals surface area (Å²) in [7, 11) is 0. The third-order valence-corrected chi connectivity index (χ3v) is 2.49. The van der Waals surface area contributed by atoms with Crippen LogP contribution in [0.5, 0.6) is 0 Å². The highest BCUT2D eigenvalue weighted by atomic mass is 127. The van der Waals surface area contributed by atoms with Crippen LogP contribution in [0.4, 0.5) is 0 Å². The average molecular weight is 287 g/mol. The summed E-state index contributed by atoms with van der Waals surface area (Å²) in [5.41, 5.74) is 6.73. The maximum absolute atomic E-state index is 5.38. The van der Waals surface area contributed by atoms with Gasteiger partial charge in [0.1, 0.15) is 0 Å². The summed E-state index contributed by atoms with van der Waals surface area (Å²) in [5, 5.41) is 0. The van der Waals surface area contributed by atoms with Gasteiger partial charge in [0.25, 0.3) is 0 Å². The summed E-state index contributed by atoms with van der Waals surface area (Å²) in [4.78, 5) is 0. The molecule has 0 aliphatic carbocycles. The van der Waals surface area contributed by atoms with Crippen LogP contribution in [0.15, 0.2) is 36.4 Å². The molecule has 2 heteroatoms. The Bertz CT molecular complexity index is 264. The van der Waals surface area contributed by atoms with Crippen LogP contribution in [0.2, 0.25) is 0 Å². The Balaban J connectivity index is 2.41. The normalized spacial score (nSPS) is 10.9. The van der Waals surface area contributed by atoms with Crippen molar-refractivity contribution in [2.45, 2.75) is 12.8 Å². The molecule has 1 aromatic rings. The maximum Gasteiger partial charge on any atom is 0.0130 e. The number of hydrogen-bond donors (Lipinski definition) is 1. The monoisotopic (exact) mass is 287 g/mol. The molecule has 1 aromatic carbocycles. The molecule has 0 spiro atoms. The van der Waals surface area contributed by atoms with Gasteiger partial charge in [-0.2, -0.15) is 0 Å². The highest BCUT2D eigenvalue weighted by Crippen LogP contribution is 2.07. The topological polar surface area (TPSA) is 26.0 Å². The Hall–Kier alpha value is -0.350. The zero-order chi connectivity index (χ0) is 9.52. The van der Waals surface area contributed by atoms with Crippen LogP contribution in [0.3, 0.4) is 0 Å². The van der Waals surface area contributed by atoms with E-state index in [1.54, 1.807) is 0 Å². The lowest BCUT2D eigenvalue weighted by Crippen LogP contribution is -1.95. The summed E-state index contributed by atoms with van der Waals surface area (Å²) in [5.74, 6) is 0. The predicted octanol–water partition coefficient (Wildman–Crippen LogP) is 2.74. The second-order valence-electron chi connectivity index (χ2n) is 2.88. The maximum atomic E-state index is 5.38. The van der Waals surface area contributed by atoms with Crippen LogP contribution in [0.1, 0.15) is 12.0 Å². The van der Waals surface area contributed by atoms with Crippen molar-refractivity contribution in [3.8, 4) is 0 Å². The molecule has 1 rings (SSSR count). The summed E-state index contributed by atoms with van der Waals surface area (Å²) in [6, 6.07) is 8.59. The number of nitrogens with two attached hydrogens (primary N) is 1. The van der Waals surface area contributed by atoms with Crippen molar-refractivity contribution < 1.29 is 0 Å². The molecule has 0 fully saturated rings. The molecule has 13 heavy (non-hydrogen) atoms. The van der Waals surface area contributed by atoms with Crippen molar-refractivity contribution in [2.24, 2.45) is 5.73 Å². The van der Waals surface area contributed by atoms with Crippen LogP contribution in [-0.4, -0.2) is 6.54 Å². The van der Waals surface area contributed by atoms with E-state index in [1.165, 1.54) is 9.13 Å². The number of benzene rings is 1. The zero-order valence-corrected chi connectivity index (χ0v) is 9.70. The summed E-state index contributed by atoms with van der Waals surface area (Å²) in [6.45, 7) is 0.739. The molecule has 0 aromatic heterocycles. The van der Waals surface area contributed by atoms with Crippen LogP contribution >= 0.6 is 22.6 Å². The largest absolute Gasteiger partial charge is 0.330 e. The van der Waals surface area contributed by atoms with Gasteiger partial charge in [0.2, 0.25) is 0 Å². The van der Waals surface area contributed by atoms with Crippen LogP contribution in [0, 0.1) is 3.57 Å². The third-order valence-electron chi connectivity index (χ3n) is 1.77. The molecule has 70 valence electrons. The Morgan fingerprint density at radius 1 is 1.15 bits per heavy atom. The standard InChI is InChI=1S/C11H14IN/c12-11-7-5-10(6-8-11)4-2-1-3-9-13/h1-2,5-8H,3-4,9,13H2. The summed E-state index contributed by atoms with van der Waals surface area (Å²) >= 11 is 2.31. The quantitative estimate of drug-likeness (QED) is 0.669. The fraction of sp³-hybridized carbons (Fsp3) is 0.273. The van der Waals surface area contributed by atoms with Gasteiger partial charge in [-0.15, -0.1) is 0 Å². The van der Waals surface area contributed by atoms with E-state index in [9.17, 15) is 0 Å². The molecule has 0 saturated carbocycles. The van der Waals surface area contributed by atoms with Gasteiger partial charge in [-0.05, 0) is 59.7 Å². The van der Waals surface area contributed by atoms with Crippen molar-refractivity contribution in [3.05, 3.63) is 45.6 Å². The number of rotatable bonds is 4. The molecule has 1 nitrogen and oxygen atoms in total. The Labute approximate surface area is 93.2 Å². The van der Waals surface area contributed by atoms with Gasteiger partial charge < -0.3 is 5.73 Å². The van der Waals surface area contributed by atoms with E-state index in [0.29, 0.717) is 0 Å². The third kappa shape index (κ3) is 4.43. The van der Waals surface area contributed by atoms with E-state index in [2.05, 4.69) is 59.0 Å². The minimum Gasteiger partial charge on any atom is -0.330 e. The lowest BCUT2D eigenvalue weighted by molar-refractivity contribution is 1.00. The zero-order valence-electron chi connectivity index (χ0n) is 7.54. The molecule has 2 N–H and O–H groups in total. The van der Waals surface area contributed by atoms with E-state index in [4.69, 9.17) is 5.73 Å². The highest BCUT2D eigenvalue weighted by Gasteiger charge is 1.88. The van der Waals surface area contributed by atoms with E-state index >= 15 is 0 Å². The minimum absolute atomic E-state index is 0.739. The smallest absolute Gasteiger partial charge is 0.0130 e. The molecule has 0 aliphatic rings. The van der Waals surface area contributed by atoms with E-state index in [1.807, 2.05) is 0 Å². The number of halogens is 1. The second-order valence-corrected chi connectivity index (χ2v) is 4.12. The molecule has 0 aliphatic heterocycles. The van der Waals surface area contributed by atoms with Crippen molar-refractivity contribution in [3.63, 3.8) is 0 Å². The Morgan fingerprint density at radius 3 is 2.46 bits per heavy atom. The molecule has 0 heterocycles. The van der Waals surface area contributed by atoms with E-state index in [-0.39, 0.29) is 0 Å². The van der Waals surface area contributed by atoms with Crippen molar-refractivity contribution in [1.29, 1.82) is 0 Å². The number of hydrogen-bond acceptors (Lipinski definition) is 1. The van der Waals surface area contributed by atoms with E-state index in [0.717, 1.165) is 19.4 Å². The lowest BCUT2D eigenvalue weighted by Gasteiger charge is -1.95. The predicted molar refractivity (Wildman–Crippen MR) is 65.7 cm³/mol. The molecule has 0 atom stereocenters. The average Bonchev–Trinajstić information content (AvgIpc) is 2.15. The van der Waals surface area contributed by atoms with Crippen molar-refractivity contribution in [1.82, 2.24) is 0 Å². The summed E-state index contributed by atoms with van der Waals surface area (Å²) in [6.07, 6.45) is 6.30. The summed E-state index contributed by atoms with van der Waals surface area (Å²) < 4.78 is 1.28. The van der Waals surface area contributed by atoms with Crippen molar-refractivity contribution in [2.75, 3.05) is 6.54 Å². The number of allylic oxidation sites excluding steroid dienone is 1. The first-order valence-electron chi connectivity index (χ1n) is 4.42. The molecule has 0 bridgehead atoms. The fourth-order valence-electron chi connectivity index (χ4n) is 1.05. The van der Waals surface area contributed by atoms with Crippen LogP contribution < -0.4 is 5.73 Å². The molecule has 0 unspecified atom stereocenters. The Morgan fingerprint density at radius 2 is 1.85 bits per heavy atom. The van der Waals surface area contributed by atoms with Crippen molar-refractivity contribution >= 4 is 22.6 Å². The molecular weight excluding hydrogens is 273 g/mol. The molecule has 0 saturated heterocycles. The van der Waals surface area contributed by atoms with Gasteiger partial charge >= 0.3 is 0 Å². The second kappa shape index (κ2) is 6.16. The van der Waals surface area contributed by atoms with Crippen LogP contribution in [0.25, 0.3) is 0 Å². The van der Waals surface area contributed by atoms with Gasteiger partial charge in [-0.1, -0.05) is 24.3 Å². The first kappa shape index (κ1) is 10.7.